The molecule has 138 valence electrons. The van der Waals surface area contributed by atoms with E-state index in [1.807, 2.05) is 0 Å². The molecule has 0 N–H and O–H groups in total. The molecule has 3 rings (SSSR count). The number of carbonyl (C=O) groups is 1. The van der Waals surface area contributed by atoms with Crippen molar-refractivity contribution in [3.63, 3.8) is 0 Å². The molecule has 26 heavy (non-hydrogen) atoms. The van der Waals surface area contributed by atoms with Gasteiger partial charge >= 0.3 is 5.97 Å². The number of nitrogens with zero attached hydrogens (tertiary/aromatic N) is 4. The van der Waals surface area contributed by atoms with Crippen LogP contribution in [-0.2, 0) is 13.8 Å². The first-order chi connectivity index (χ1) is 12.1. The third-order valence-electron chi connectivity index (χ3n) is 3.14. The molecule has 0 aliphatic rings. The van der Waals surface area contributed by atoms with Crippen molar-refractivity contribution in [3.05, 3.63) is 28.0 Å². The number of aromatic nitrogens is 4. The number of carbonyl (C=O) groups excluding carboxylic acids is 1. The summed E-state index contributed by atoms with van der Waals surface area (Å²) in [5.41, 5.74) is -0.244. The highest BCUT2D eigenvalue weighted by Gasteiger charge is 2.26. The molecule has 0 aliphatic carbocycles. The van der Waals surface area contributed by atoms with Crippen LogP contribution in [0.2, 0.25) is 5.02 Å². The van der Waals surface area contributed by atoms with E-state index in [0.29, 0.717) is 11.3 Å². The number of methoxy groups -OCH3 is 1. The van der Waals surface area contributed by atoms with Gasteiger partial charge in [-0.15, -0.1) is 10.2 Å². The fourth-order valence-electron chi connectivity index (χ4n) is 2.08. The molecule has 0 saturated heterocycles. The molecule has 0 bridgehead atoms. The van der Waals surface area contributed by atoms with Crippen LogP contribution in [-0.4, -0.2) is 41.1 Å². The summed E-state index contributed by atoms with van der Waals surface area (Å²) in [5.74, 6) is -0.982. The van der Waals surface area contributed by atoms with Gasteiger partial charge in [-0.25, -0.2) is 27.0 Å². The molecule has 0 fully saturated rings. The van der Waals surface area contributed by atoms with Gasteiger partial charge in [-0.3, -0.25) is 4.40 Å². The van der Waals surface area contributed by atoms with Crippen molar-refractivity contribution in [2.75, 3.05) is 7.11 Å². The number of imidazole rings is 1. The molecule has 0 spiro atoms. The van der Waals surface area contributed by atoms with Crippen molar-refractivity contribution in [1.29, 1.82) is 0 Å². The van der Waals surface area contributed by atoms with Crippen molar-refractivity contribution < 1.29 is 26.7 Å². The average Bonchev–Trinajstić information content (AvgIpc) is 3.17. The van der Waals surface area contributed by atoms with E-state index in [1.54, 1.807) is 0 Å². The molecule has 0 saturated carbocycles. The normalized spacial score (nSPS) is 12.1. The monoisotopic (exact) mass is 442 g/mol. The zero-order valence-electron chi connectivity index (χ0n) is 12.5. The van der Waals surface area contributed by atoms with E-state index >= 15 is 0 Å². The summed E-state index contributed by atoms with van der Waals surface area (Å²) in [6.07, 6.45) is -1.81. The minimum Gasteiger partial charge on any atom is -0.464 e. The van der Waals surface area contributed by atoms with E-state index in [0.717, 1.165) is 23.8 Å². The minimum atomic E-state index is -4.17. The number of fused-ring (bicyclic) bond motifs is 1. The van der Waals surface area contributed by atoms with Gasteiger partial charge in [-0.2, -0.15) is 0 Å². The first-order valence-corrected chi connectivity index (χ1v) is 10.0. The smallest absolute Gasteiger partial charge is 0.359 e. The molecule has 14 heteroatoms. The van der Waals surface area contributed by atoms with E-state index in [1.165, 1.54) is 0 Å². The molecule has 0 aliphatic heterocycles. The number of rotatable bonds is 4. The van der Waals surface area contributed by atoms with Gasteiger partial charge in [-0.1, -0.05) is 22.9 Å². The average molecular weight is 443 g/mol. The second-order valence-corrected chi connectivity index (χ2v) is 8.68. The Morgan fingerprint density at radius 2 is 2.08 bits per heavy atom. The van der Waals surface area contributed by atoms with Gasteiger partial charge in [0.2, 0.25) is 0 Å². The van der Waals surface area contributed by atoms with Crippen molar-refractivity contribution in [3.8, 4) is 10.8 Å². The summed E-state index contributed by atoms with van der Waals surface area (Å²) in [4.78, 5) is 15.6. The van der Waals surface area contributed by atoms with Gasteiger partial charge in [0, 0.05) is 16.9 Å². The Balaban J connectivity index is 2.37. The van der Waals surface area contributed by atoms with E-state index in [4.69, 9.17) is 22.3 Å². The standard InChI is InChI=1S/C12H6Cl2F2N4O4S2/c1-24-12(21)6-7-5(13)2-4(26(14,22)23)3-20(7)9(17-6)11-19-18-10(25-11)8(15)16/h2-3,8H,1H3. The van der Waals surface area contributed by atoms with E-state index in [2.05, 4.69) is 19.9 Å². The maximum absolute atomic E-state index is 12.8. The largest absolute Gasteiger partial charge is 0.464 e. The van der Waals surface area contributed by atoms with E-state index in [-0.39, 0.29) is 32.0 Å². The van der Waals surface area contributed by atoms with Gasteiger partial charge in [0.05, 0.1) is 17.6 Å². The third-order valence-corrected chi connectivity index (χ3v) is 5.68. The lowest BCUT2D eigenvalue weighted by atomic mass is 10.3. The number of esters is 1. The lowest BCUT2D eigenvalue weighted by Gasteiger charge is -2.04. The fraction of sp³-hybridized carbons (Fsp3) is 0.167. The Hall–Kier alpha value is -1.89. The van der Waals surface area contributed by atoms with Crippen LogP contribution in [0.25, 0.3) is 16.3 Å². The zero-order chi connectivity index (χ0) is 19.2. The highest BCUT2D eigenvalue weighted by Crippen LogP contribution is 2.34. The molecule has 3 heterocycles. The molecule has 3 aromatic heterocycles. The topological polar surface area (TPSA) is 104 Å². The molecule has 3 aromatic rings. The van der Waals surface area contributed by atoms with Crippen molar-refractivity contribution >= 4 is 54.2 Å². The molecule has 8 nitrogen and oxygen atoms in total. The Labute approximate surface area is 157 Å². The zero-order valence-corrected chi connectivity index (χ0v) is 15.6. The Morgan fingerprint density at radius 3 is 2.62 bits per heavy atom. The first kappa shape index (κ1) is 18.9. The van der Waals surface area contributed by atoms with Crippen LogP contribution in [0.3, 0.4) is 0 Å². The van der Waals surface area contributed by atoms with Crippen LogP contribution in [0.15, 0.2) is 17.2 Å². The summed E-state index contributed by atoms with van der Waals surface area (Å²) in [5, 5.41) is 6.14. The summed E-state index contributed by atoms with van der Waals surface area (Å²) in [7, 11) is 2.27. The second-order valence-electron chi connectivity index (χ2n) is 4.70. The molecular formula is C12H6Cl2F2N4O4S2. The molecule has 0 radical (unpaired) electrons. The van der Waals surface area contributed by atoms with Crippen LogP contribution < -0.4 is 0 Å². The first-order valence-electron chi connectivity index (χ1n) is 6.50. The van der Waals surface area contributed by atoms with Crippen LogP contribution in [0.1, 0.15) is 21.9 Å². The Kier molecular flexibility index (Phi) is 4.86. The van der Waals surface area contributed by atoms with Gasteiger partial charge in [0.25, 0.3) is 15.5 Å². The summed E-state index contributed by atoms with van der Waals surface area (Å²) >= 11 is 6.61. The van der Waals surface area contributed by atoms with E-state index < -0.39 is 26.5 Å². The number of hydrogen-bond acceptors (Lipinski definition) is 8. The number of halogens is 4. The summed E-state index contributed by atoms with van der Waals surface area (Å²) in [6.45, 7) is 0. The predicted molar refractivity (Wildman–Crippen MR) is 88.4 cm³/mol. The molecule has 0 atom stereocenters. The van der Waals surface area contributed by atoms with Crippen LogP contribution in [0.5, 0.6) is 0 Å². The fourth-order valence-corrected chi connectivity index (χ4v) is 3.87. The molecule has 0 unspecified atom stereocenters. The third kappa shape index (κ3) is 3.24. The Morgan fingerprint density at radius 1 is 1.38 bits per heavy atom. The number of alkyl halides is 2. The quantitative estimate of drug-likeness (QED) is 0.451. The van der Waals surface area contributed by atoms with Crippen LogP contribution in [0.4, 0.5) is 8.78 Å². The molecule has 0 amide bonds. The maximum atomic E-state index is 12.8. The van der Waals surface area contributed by atoms with Gasteiger partial charge in [0.1, 0.15) is 4.90 Å². The highest BCUT2D eigenvalue weighted by atomic mass is 35.7. The molecule has 0 aromatic carbocycles. The number of pyridine rings is 1. The van der Waals surface area contributed by atoms with Gasteiger partial charge in [0.15, 0.2) is 21.5 Å². The maximum Gasteiger partial charge on any atom is 0.359 e. The van der Waals surface area contributed by atoms with Crippen LogP contribution >= 0.6 is 33.6 Å². The Bertz CT molecular complexity index is 1130. The minimum absolute atomic E-state index is 0.00591. The molecular weight excluding hydrogens is 437 g/mol. The van der Waals surface area contributed by atoms with Crippen molar-refractivity contribution in [2.45, 2.75) is 11.3 Å². The van der Waals surface area contributed by atoms with Crippen molar-refractivity contribution in [2.24, 2.45) is 0 Å². The summed E-state index contributed by atoms with van der Waals surface area (Å²) < 4.78 is 54.5. The highest BCUT2D eigenvalue weighted by molar-refractivity contribution is 8.13. The van der Waals surface area contributed by atoms with Gasteiger partial charge < -0.3 is 4.74 Å². The van der Waals surface area contributed by atoms with Gasteiger partial charge in [-0.05, 0) is 6.07 Å². The second kappa shape index (κ2) is 6.68. The van der Waals surface area contributed by atoms with E-state index in [9.17, 15) is 22.0 Å². The van der Waals surface area contributed by atoms with Crippen LogP contribution in [0, 0.1) is 0 Å². The predicted octanol–water partition coefficient (Wildman–Crippen LogP) is 3.16. The number of ether oxygens (including phenoxy) is 1. The lowest BCUT2D eigenvalue weighted by Crippen LogP contribution is -2.03. The number of hydrogen-bond donors (Lipinski definition) is 0. The SMILES string of the molecule is COC(=O)c1nc(-c2nnc(C(F)F)s2)n2cc(S(=O)(=O)Cl)cc(Cl)c12. The van der Waals surface area contributed by atoms with Crippen molar-refractivity contribution in [1.82, 2.24) is 19.6 Å². The summed E-state index contributed by atoms with van der Waals surface area (Å²) in [6, 6.07) is 1.03. The lowest BCUT2D eigenvalue weighted by molar-refractivity contribution is 0.0597.